The third-order valence-electron chi connectivity index (χ3n) is 3.41. The zero-order valence-electron chi connectivity index (χ0n) is 13.8. The normalized spacial score (nSPS) is 12.1. The maximum atomic E-state index is 5.78. The Morgan fingerprint density at radius 2 is 1.62 bits per heavy atom. The Hall–Kier alpha value is -1.12. The number of hydrogen-bond donors (Lipinski definition) is 0. The quantitative estimate of drug-likeness (QED) is 0.399. The zero-order valence-corrected chi connectivity index (χ0v) is 13.8. The molecular weight excluding hydrogens is 260 g/mol. The van der Waals surface area contributed by atoms with Crippen molar-refractivity contribution in [1.82, 2.24) is 0 Å². The first kappa shape index (κ1) is 17.9. The third-order valence-corrected chi connectivity index (χ3v) is 3.41. The molecule has 0 aromatic heterocycles. The molecule has 1 rings (SSSR count). The van der Waals surface area contributed by atoms with E-state index in [4.69, 9.17) is 9.47 Å². The van der Waals surface area contributed by atoms with Gasteiger partial charge in [0.1, 0.15) is 0 Å². The van der Waals surface area contributed by atoms with Crippen LogP contribution in [0.25, 0.3) is 6.08 Å². The summed E-state index contributed by atoms with van der Waals surface area (Å²) in [6.45, 7) is 7.62. The first-order valence-electron chi connectivity index (χ1n) is 8.30. The van der Waals surface area contributed by atoms with E-state index in [-0.39, 0.29) is 6.29 Å². The Labute approximate surface area is 130 Å². The van der Waals surface area contributed by atoms with Crippen molar-refractivity contribution in [2.24, 2.45) is 0 Å². The van der Waals surface area contributed by atoms with E-state index in [1.807, 2.05) is 19.9 Å². The van der Waals surface area contributed by atoms with Crippen molar-refractivity contribution in [3.05, 3.63) is 41.5 Å². The van der Waals surface area contributed by atoms with Gasteiger partial charge in [0, 0.05) is 13.2 Å². The molecule has 0 bridgehead atoms. The van der Waals surface area contributed by atoms with Crippen molar-refractivity contribution in [3.63, 3.8) is 0 Å². The predicted octanol–water partition coefficient (Wildman–Crippen LogP) is 5.44. The maximum absolute atomic E-state index is 5.78. The lowest BCUT2D eigenvalue weighted by Gasteiger charge is -2.20. The molecule has 21 heavy (non-hydrogen) atoms. The van der Waals surface area contributed by atoms with Crippen LogP contribution in [0.2, 0.25) is 0 Å². The van der Waals surface area contributed by atoms with Gasteiger partial charge in [-0.3, -0.25) is 0 Å². The van der Waals surface area contributed by atoms with Gasteiger partial charge in [0.15, 0.2) is 6.29 Å². The van der Waals surface area contributed by atoms with Gasteiger partial charge < -0.3 is 9.47 Å². The number of hydrogen-bond acceptors (Lipinski definition) is 2. The molecule has 0 aliphatic rings. The van der Waals surface area contributed by atoms with E-state index in [9.17, 15) is 0 Å². The van der Waals surface area contributed by atoms with Crippen molar-refractivity contribution in [1.29, 1.82) is 0 Å². The Morgan fingerprint density at radius 3 is 2.19 bits per heavy atom. The average Bonchev–Trinajstić information content (AvgIpc) is 2.51. The molecule has 0 radical (unpaired) electrons. The first-order valence-corrected chi connectivity index (χ1v) is 8.30. The summed E-state index contributed by atoms with van der Waals surface area (Å²) in [5, 5.41) is 0. The number of benzene rings is 1. The molecule has 0 atom stereocenters. The van der Waals surface area contributed by atoms with Gasteiger partial charge in [-0.2, -0.15) is 0 Å². The molecule has 0 aliphatic heterocycles. The SMILES string of the molecule is CCCCCC/C(=C/c1ccccc1)C(OCC)OCC. The molecule has 0 saturated heterocycles. The molecule has 1 aromatic rings. The standard InChI is InChI=1S/C19H30O2/c1-4-7-8-12-15-18(19(20-5-2)21-6-3)16-17-13-10-9-11-14-17/h9-11,13-14,16,19H,4-8,12,15H2,1-3H3/b18-16-. The topological polar surface area (TPSA) is 18.5 Å². The summed E-state index contributed by atoms with van der Waals surface area (Å²) in [6, 6.07) is 10.4. The van der Waals surface area contributed by atoms with Crippen molar-refractivity contribution in [2.45, 2.75) is 59.2 Å². The molecule has 2 nitrogen and oxygen atoms in total. The van der Waals surface area contributed by atoms with Gasteiger partial charge in [0.2, 0.25) is 0 Å². The monoisotopic (exact) mass is 290 g/mol. The van der Waals surface area contributed by atoms with Crippen LogP contribution in [0.15, 0.2) is 35.9 Å². The highest BCUT2D eigenvalue weighted by Gasteiger charge is 2.14. The van der Waals surface area contributed by atoms with Crippen molar-refractivity contribution in [3.8, 4) is 0 Å². The van der Waals surface area contributed by atoms with Crippen LogP contribution in [0, 0.1) is 0 Å². The van der Waals surface area contributed by atoms with Gasteiger partial charge in [0.05, 0.1) is 0 Å². The average molecular weight is 290 g/mol. The number of rotatable bonds is 11. The smallest absolute Gasteiger partial charge is 0.180 e. The molecule has 0 N–H and O–H groups in total. The van der Waals surface area contributed by atoms with Gasteiger partial charge in [-0.05, 0) is 37.8 Å². The first-order chi connectivity index (χ1) is 10.3. The molecular formula is C19H30O2. The highest BCUT2D eigenvalue weighted by molar-refractivity contribution is 5.53. The number of ether oxygens (including phenoxy) is 2. The Morgan fingerprint density at radius 1 is 0.952 bits per heavy atom. The van der Waals surface area contributed by atoms with E-state index in [2.05, 4.69) is 37.3 Å². The van der Waals surface area contributed by atoms with Gasteiger partial charge in [0.25, 0.3) is 0 Å². The number of unbranched alkanes of at least 4 members (excludes halogenated alkanes) is 3. The molecule has 0 fully saturated rings. The molecule has 0 amide bonds. The molecule has 0 heterocycles. The molecule has 2 heteroatoms. The minimum Gasteiger partial charge on any atom is -0.349 e. The van der Waals surface area contributed by atoms with Crippen LogP contribution in [0.5, 0.6) is 0 Å². The van der Waals surface area contributed by atoms with Gasteiger partial charge in [-0.25, -0.2) is 0 Å². The van der Waals surface area contributed by atoms with E-state index in [0.29, 0.717) is 13.2 Å². The van der Waals surface area contributed by atoms with Gasteiger partial charge in [-0.1, -0.05) is 62.6 Å². The second kappa shape index (κ2) is 11.5. The molecule has 1 aromatic carbocycles. The minimum absolute atomic E-state index is 0.207. The van der Waals surface area contributed by atoms with Crippen LogP contribution in [-0.2, 0) is 9.47 Å². The molecule has 0 saturated carbocycles. The molecule has 0 spiro atoms. The summed E-state index contributed by atoms with van der Waals surface area (Å²) in [7, 11) is 0. The summed E-state index contributed by atoms with van der Waals surface area (Å²) in [6.07, 6.45) is 8.09. The van der Waals surface area contributed by atoms with E-state index >= 15 is 0 Å². The zero-order chi connectivity index (χ0) is 15.3. The molecule has 0 aliphatic carbocycles. The maximum Gasteiger partial charge on any atom is 0.180 e. The van der Waals surface area contributed by atoms with Gasteiger partial charge >= 0.3 is 0 Å². The van der Waals surface area contributed by atoms with Crippen LogP contribution >= 0.6 is 0 Å². The van der Waals surface area contributed by atoms with Gasteiger partial charge in [-0.15, -0.1) is 0 Å². The second-order valence-corrected chi connectivity index (χ2v) is 5.18. The lowest BCUT2D eigenvalue weighted by Crippen LogP contribution is -2.20. The summed E-state index contributed by atoms with van der Waals surface area (Å²) >= 11 is 0. The Kier molecular flexibility index (Phi) is 9.84. The Balaban J connectivity index is 2.78. The van der Waals surface area contributed by atoms with Crippen LogP contribution in [0.3, 0.4) is 0 Å². The predicted molar refractivity (Wildman–Crippen MR) is 90.2 cm³/mol. The van der Waals surface area contributed by atoms with Crippen molar-refractivity contribution >= 4 is 6.08 Å². The lowest BCUT2D eigenvalue weighted by atomic mass is 10.0. The van der Waals surface area contributed by atoms with Crippen LogP contribution in [0.1, 0.15) is 58.4 Å². The fourth-order valence-electron chi connectivity index (χ4n) is 2.34. The van der Waals surface area contributed by atoms with E-state index < -0.39 is 0 Å². The Bertz CT molecular complexity index is 378. The van der Waals surface area contributed by atoms with Crippen LogP contribution in [-0.4, -0.2) is 19.5 Å². The van der Waals surface area contributed by atoms with Crippen molar-refractivity contribution < 1.29 is 9.47 Å². The largest absolute Gasteiger partial charge is 0.349 e. The van der Waals surface area contributed by atoms with Crippen LogP contribution < -0.4 is 0 Å². The second-order valence-electron chi connectivity index (χ2n) is 5.18. The highest BCUT2D eigenvalue weighted by atomic mass is 16.7. The fourth-order valence-corrected chi connectivity index (χ4v) is 2.34. The molecule has 118 valence electrons. The summed E-state index contributed by atoms with van der Waals surface area (Å²) in [5.74, 6) is 0. The van der Waals surface area contributed by atoms with E-state index in [1.165, 1.54) is 36.8 Å². The van der Waals surface area contributed by atoms with Crippen molar-refractivity contribution in [2.75, 3.05) is 13.2 Å². The highest BCUT2D eigenvalue weighted by Crippen LogP contribution is 2.21. The minimum atomic E-state index is -0.207. The summed E-state index contributed by atoms with van der Waals surface area (Å²) in [5.41, 5.74) is 2.47. The van der Waals surface area contributed by atoms with E-state index in [1.54, 1.807) is 0 Å². The van der Waals surface area contributed by atoms with Crippen LogP contribution in [0.4, 0.5) is 0 Å². The summed E-state index contributed by atoms with van der Waals surface area (Å²) < 4.78 is 11.6. The summed E-state index contributed by atoms with van der Waals surface area (Å²) in [4.78, 5) is 0. The fraction of sp³-hybridized carbons (Fsp3) is 0.579. The lowest BCUT2D eigenvalue weighted by molar-refractivity contribution is -0.112. The molecule has 0 unspecified atom stereocenters. The van der Waals surface area contributed by atoms with E-state index in [0.717, 1.165) is 6.42 Å². The third kappa shape index (κ3) is 7.45.